The molecule has 122 valence electrons. The van der Waals surface area contributed by atoms with Crippen LogP contribution < -0.4 is 4.74 Å². The number of phenolic OH excluding ortho intramolecular Hbond substituents is 2. The van der Waals surface area contributed by atoms with E-state index in [9.17, 15) is 9.90 Å². The van der Waals surface area contributed by atoms with Crippen LogP contribution in [0.5, 0.6) is 17.2 Å². The molecule has 0 saturated carbocycles. The Morgan fingerprint density at radius 1 is 0.750 bits per heavy atom. The van der Waals surface area contributed by atoms with E-state index in [1.807, 2.05) is 36.4 Å². The Morgan fingerprint density at radius 3 is 1.83 bits per heavy atom. The maximum Gasteiger partial charge on any atom is 0.193 e. The third kappa shape index (κ3) is 4.61. The second kappa shape index (κ2) is 8.39. The zero-order valence-electron chi connectivity index (χ0n) is 13.2. The largest absolute Gasteiger partial charge is 0.504 e. The fourth-order valence-electron chi connectivity index (χ4n) is 1.98. The quantitative estimate of drug-likeness (QED) is 0.564. The lowest BCUT2D eigenvalue weighted by molar-refractivity contribution is 0.103. The Hall–Kier alpha value is -3.27. The average Bonchev–Trinajstić information content (AvgIpc) is 2.65. The van der Waals surface area contributed by atoms with Gasteiger partial charge in [-0.3, -0.25) is 4.79 Å². The highest BCUT2D eigenvalue weighted by Crippen LogP contribution is 2.25. The van der Waals surface area contributed by atoms with Gasteiger partial charge in [0.25, 0.3) is 0 Å². The first-order chi connectivity index (χ1) is 11.6. The topological polar surface area (TPSA) is 66.8 Å². The van der Waals surface area contributed by atoms with Crippen LogP contribution in [-0.4, -0.2) is 23.1 Å². The molecule has 0 aromatic heterocycles. The van der Waals surface area contributed by atoms with Crippen LogP contribution in [0.1, 0.15) is 15.9 Å². The van der Waals surface area contributed by atoms with Crippen molar-refractivity contribution in [3.8, 4) is 17.2 Å². The fourth-order valence-corrected chi connectivity index (χ4v) is 1.98. The van der Waals surface area contributed by atoms with E-state index in [0.29, 0.717) is 11.1 Å². The second-order valence-corrected chi connectivity index (χ2v) is 4.92. The molecule has 3 aromatic carbocycles. The van der Waals surface area contributed by atoms with Crippen LogP contribution in [0.15, 0.2) is 78.9 Å². The summed E-state index contributed by atoms with van der Waals surface area (Å²) in [5.74, 6) is 0.204. The molecule has 0 unspecified atom stereocenters. The Balaban J connectivity index is 0.000000219. The lowest BCUT2D eigenvalue weighted by Crippen LogP contribution is -2.00. The maximum atomic E-state index is 11.9. The van der Waals surface area contributed by atoms with Crippen molar-refractivity contribution >= 4 is 5.78 Å². The van der Waals surface area contributed by atoms with Crippen LogP contribution in [0.3, 0.4) is 0 Å². The summed E-state index contributed by atoms with van der Waals surface area (Å²) >= 11 is 0. The molecule has 4 heteroatoms. The minimum absolute atomic E-state index is 0.184. The first-order valence-electron chi connectivity index (χ1n) is 7.32. The monoisotopic (exact) mass is 322 g/mol. The lowest BCUT2D eigenvalue weighted by Gasteiger charge is -2.02. The molecule has 0 bridgehead atoms. The van der Waals surface area contributed by atoms with Gasteiger partial charge in [0.05, 0.1) is 7.11 Å². The van der Waals surface area contributed by atoms with Gasteiger partial charge in [0.15, 0.2) is 17.3 Å². The molecule has 3 aromatic rings. The highest BCUT2D eigenvalue weighted by atomic mass is 16.5. The third-order valence-corrected chi connectivity index (χ3v) is 3.25. The summed E-state index contributed by atoms with van der Waals surface area (Å²) in [5, 5.41) is 18.4. The van der Waals surface area contributed by atoms with Gasteiger partial charge in [-0.25, -0.2) is 0 Å². The molecule has 0 aliphatic carbocycles. The van der Waals surface area contributed by atoms with Crippen LogP contribution in [0, 0.1) is 0 Å². The molecular formula is C20H18O4. The number of hydrogen-bond acceptors (Lipinski definition) is 4. The zero-order valence-corrected chi connectivity index (χ0v) is 13.2. The van der Waals surface area contributed by atoms with Gasteiger partial charge in [0, 0.05) is 11.1 Å². The number of ether oxygens (including phenoxy) is 1. The van der Waals surface area contributed by atoms with Gasteiger partial charge in [-0.15, -0.1) is 0 Å². The predicted molar refractivity (Wildman–Crippen MR) is 92.6 cm³/mol. The Kier molecular flexibility index (Phi) is 5.97. The van der Waals surface area contributed by atoms with Crippen molar-refractivity contribution in [1.82, 2.24) is 0 Å². The molecule has 0 atom stereocenters. The van der Waals surface area contributed by atoms with Crippen LogP contribution >= 0.6 is 0 Å². The van der Waals surface area contributed by atoms with E-state index < -0.39 is 0 Å². The fraction of sp³-hybridized carbons (Fsp3) is 0.0500. The van der Waals surface area contributed by atoms with Crippen LogP contribution in [0.2, 0.25) is 0 Å². The molecule has 0 radical (unpaired) electrons. The van der Waals surface area contributed by atoms with E-state index in [2.05, 4.69) is 0 Å². The molecule has 0 amide bonds. The van der Waals surface area contributed by atoms with E-state index in [4.69, 9.17) is 9.84 Å². The molecule has 0 spiro atoms. The Labute approximate surface area is 140 Å². The highest BCUT2D eigenvalue weighted by Gasteiger charge is 2.10. The molecule has 2 N–H and O–H groups in total. The van der Waals surface area contributed by atoms with Crippen LogP contribution in [0.25, 0.3) is 0 Å². The number of para-hydroxylation sites is 1. The molecule has 0 saturated heterocycles. The van der Waals surface area contributed by atoms with Gasteiger partial charge in [-0.05, 0) is 30.3 Å². The summed E-state index contributed by atoms with van der Waals surface area (Å²) in [7, 11) is 1.66. The standard InChI is InChI=1S/C13H10O3.C7H8O/c14-11-7-6-10(8-12(11)15)13(16)9-4-2-1-3-5-9;1-8-7-5-3-2-4-6-7/h1-8,14-15H;2-6H,1H3. The number of methoxy groups -OCH3 is 1. The molecule has 0 aliphatic rings. The van der Waals surface area contributed by atoms with Crippen molar-refractivity contribution in [3.63, 3.8) is 0 Å². The second-order valence-electron chi connectivity index (χ2n) is 4.92. The molecule has 3 rings (SSSR count). The predicted octanol–water partition coefficient (Wildman–Crippen LogP) is 4.02. The highest BCUT2D eigenvalue weighted by molar-refractivity contribution is 6.09. The molecule has 0 aliphatic heterocycles. The van der Waals surface area contributed by atoms with E-state index >= 15 is 0 Å². The zero-order chi connectivity index (χ0) is 17.4. The number of phenols is 2. The number of hydrogen-bond donors (Lipinski definition) is 2. The average molecular weight is 322 g/mol. The smallest absolute Gasteiger partial charge is 0.193 e. The summed E-state index contributed by atoms with van der Waals surface area (Å²) in [6.45, 7) is 0. The van der Waals surface area contributed by atoms with Crippen molar-refractivity contribution < 1.29 is 19.7 Å². The van der Waals surface area contributed by atoms with Gasteiger partial charge < -0.3 is 14.9 Å². The van der Waals surface area contributed by atoms with Crippen molar-refractivity contribution in [1.29, 1.82) is 0 Å². The Morgan fingerprint density at radius 2 is 1.33 bits per heavy atom. The summed E-state index contributed by atoms with van der Waals surface area (Å²) in [6.07, 6.45) is 0. The van der Waals surface area contributed by atoms with Crippen molar-refractivity contribution in [3.05, 3.63) is 90.0 Å². The van der Waals surface area contributed by atoms with Gasteiger partial charge in [0.2, 0.25) is 0 Å². The number of benzene rings is 3. The number of aromatic hydroxyl groups is 2. The SMILES string of the molecule is COc1ccccc1.O=C(c1ccccc1)c1ccc(O)c(O)c1. The molecule has 0 fully saturated rings. The van der Waals surface area contributed by atoms with E-state index in [0.717, 1.165) is 5.75 Å². The van der Waals surface area contributed by atoms with E-state index in [1.165, 1.54) is 18.2 Å². The third-order valence-electron chi connectivity index (χ3n) is 3.25. The van der Waals surface area contributed by atoms with Crippen LogP contribution in [0.4, 0.5) is 0 Å². The summed E-state index contributed by atoms with van der Waals surface area (Å²) in [6, 6.07) is 22.5. The minimum Gasteiger partial charge on any atom is -0.504 e. The van der Waals surface area contributed by atoms with E-state index in [1.54, 1.807) is 31.4 Å². The number of ketones is 1. The normalized spacial score (nSPS) is 9.54. The summed E-state index contributed by atoms with van der Waals surface area (Å²) in [4.78, 5) is 11.9. The molecule has 0 heterocycles. The van der Waals surface area contributed by atoms with Gasteiger partial charge in [0.1, 0.15) is 5.75 Å². The maximum absolute atomic E-state index is 11.9. The number of carbonyl (C=O) groups excluding carboxylic acids is 1. The van der Waals surface area contributed by atoms with Crippen LogP contribution in [-0.2, 0) is 0 Å². The van der Waals surface area contributed by atoms with Crippen molar-refractivity contribution in [2.75, 3.05) is 7.11 Å². The number of rotatable bonds is 3. The van der Waals surface area contributed by atoms with Gasteiger partial charge in [-0.1, -0.05) is 48.5 Å². The summed E-state index contributed by atoms with van der Waals surface area (Å²) in [5.41, 5.74) is 0.897. The first-order valence-corrected chi connectivity index (χ1v) is 7.32. The lowest BCUT2D eigenvalue weighted by atomic mass is 10.0. The van der Waals surface area contributed by atoms with Gasteiger partial charge >= 0.3 is 0 Å². The Bertz CT molecular complexity index is 783. The van der Waals surface area contributed by atoms with E-state index in [-0.39, 0.29) is 17.3 Å². The van der Waals surface area contributed by atoms with Gasteiger partial charge in [-0.2, -0.15) is 0 Å². The molecule has 4 nitrogen and oxygen atoms in total. The first kappa shape index (κ1) is 17.1. The van der Waals surface area contributed by atoms with Crippen molar-refractivity contribution in [2.45, 2.75) is 0 Å². The summed E-state index contributed by atoms with van der Waals surface area (Å²) < 4.78 is 4.91. The molecule has 24 heavy (non-hydrogen) atoms. The molecular weight excluding hydrogens is 304 g/mol. The van der Waals surface area contributed by atoms with Crippen molar-refractivity contribution in [2.24, 2.45) is 0 Å². The number of carbonyl (C=O) groups is 1. The minimum atomic E-state index is -0.290.